The molecule has 1 aromatic rings. The van der Waals surface area contributed by atoms with Gasteiger partial charge in [0, 0.05) is 30.6 Å². The van der Waals surface area contributed by atoms with Crippen LogP contribution in [0.3, 0.4) is 0 Å². The van der Waals surface area contributed by atoms with Crippen molar-refractivity contribution in [1.29, 1.82) is 0 Å². The van der Waals surface area contributed by atoms with Crippen LogP contribution in [0.1, 0.15) is 24.6 Å². The number of halogens is 2. The van der Waals surface area contributed by atoms with Crippen molar-refractivity contribution in [1.82, 2.24) is 10.2 Å². The van der Waals surface area contributed by atoms with E-state index in [1.54, 1.807) is 0 Å². The fraction of sp³-hybridized carbons (Fsp3) is 0.583. The number of hydrogen-bond donors (Lipinski definition) is 1. The Kier molecular flexibility index (Phi) is 5.92. The first-order valence-electron chi connectivity index (χ1n) is 5.86. The Bertz CT molecular complexity index is 411. The molecule has 0 radical (unpaired) electrons. The van der Waals surface area contributed by atoms with Gasteiger partial charge in [0.25, 0.3) is 0 Å². The van der Waals surface area contributed by atoms with Crippen molar-refractivity contribution < 1.29 is 4.79 Å². The first kappa shape index (κ1) is 15.8. The normalized spacial score (nSPS) is 21.3. The van der Waals surface area contributed by atoms with E-state index in [4.69, 9.17) is 11.6 Å². The molecule has 3 nitrogen and oxygen atoms in total. The standard InChI is InChI=1S/C12H17ClN2OS.ClH/c1-8-7-14-5-6-15(8)12(16)9(2)10-3-4-11(13)17-10;/h3-4,8-9,14H,5-7H2,1-2H3;1H. The second-order valence-electron chi connectivity index (χ2n) is 4.45. The lowest BCUT2D eigenvalue weighted by Crippen LogP contribution is -2.53. The number of hydrogen-bond acceptors (Lipinski definition) is 3. The molecule has 6 heteroatoms. The van der Waals surface area contributed by atoms with Crippen molar-refractivity contribution in [2.24, 2.45) is 0 Å². The molecule has 1 aliphatic heterocycles. The van der Waals surface area contributed by atoms with Gasteiger partial charge in [0.1, 0.15) is 0 Å². The molecule has 1 fully saturated rings. The van der Waals surface area contributed by atoms with Crippen molar-refractivity contribution in [2.75, 3.05) is 19.6 Å². The molecule has 1 amide bonds. The maximum Gasteiger partial charge on any atom is 0.230 e. The van der Waals surface area contributed by atoms with Gasteiger partial charge in [-0.05, 0) is 26.0 Å². The van der Waals surface area contributed by atoms with E-state index in [2.05, 4.69) is 12.2 Å². The molecule has 2 unspecified atom stereocenters. The molecule has 1 N–H and O–H groups in total. The van der Waals surface area contributed by atoms with Crippen molar-refractivity contribution in [2.45, 2.75) is 25.8 Å². The molecule has 1 aliphatic rings. The van der Waals surface area contributed by atoms with Gasteiger partial charge in [-0.15, -0.1) is 23.7 Å². The zero-order valence-corrected chi connectivity index (χ0v) is 12.9. The zero-order chi connectivity index (χ0) is 12.4. The molecule has 18 heavy (non-hydrogen) atoms. The fourth-order valence-electron chi connectivity index (χ4n) is 2.10. The minimum absolute atomic E-state index is 0. The topological polar surface area (TPSA) is 32.3 Å². The minimum Gasteiger partial charge on any atom is -0.337 e. The van der Waals surface area contributed by atoms with E-state index < -0.39 is 0 Å². The lowest BCUT2D eigenvalue weighted by Gasteiger charge is -2.35. The van der Waals surface area contributed by atoms with Gasteiger partial charge >= 0.3 is 0 Å². The highest BCUT2D eigenvalue weighted by Crippen LogP contribution is 2.29. The average molecular weight is 309 g/mol. The van der Waals surface area contributed by atoms with Crippen LogP contribution in [0.25, 0.3) is 0 Å². The van der Waals surface area contributed by atoms with Crippen LogP contribution < -0.4 is 5.32 Å². The Balaban J connectivity index is 0.00000162. The first-order chi connectivity index (χ1) is 8.09. The smallest absolute Gasteiger partial charge is 0.230 e. The summed E-state index contributed by atoms with van der Waals surface area (Å²) in [5.74, 6) is 0.116. The van der Waals surface area contributed by atoms with Crippen LogP contribution in [0.5, 0.6) is 0 Å². The maximum atomic E-state index is 12.4. The van der Waals surface area contributed by atoms with Gasteiger partial charge in [0.05, 0.1) is 10.3 Å². The van der Waals surface area contributed by atoms with E-state index in [1.165, 1.54) is 11.3 Å². The SMILES string of the molecule is CC(C(=O)N1CCNCC1C)c1ccc(Cl)s1.Cl. The van der Waals surface area contributed by atoms with Gasteiger partial charge in [-0.2, -0.15) is 0 Å². The third kappa shape index (κ3) is 3.38. The highest BCUT2D eigenvalue weighted by Gasteiger charge is 2.28. The van der Waals surface area contributed by atoms with Crippen molar-refractivity contribution in [3.63, 3.8) is 0 Å². The lowest BCUT2D eigenvalue weighted by molar-refractivity contribution is -0.135. The Hall–Kier alpha value is -0.290. The van der Waals surface area contributed by atoms with Crippen LogP contribution in [0.15, 0.2) is 12.1 Å². The lowest BCUT2D eigenvalue weighted by atomic mass is 10.1. The van der Waals surface area contributed by atoms with Gasteiger partial charge in [0.2, 0.25) is 5.91 Å². The van der Waals surface area contributed by atoms with Gasteiger partial charge in [-0.1, -0.05) is 11.6 Å². The molecule has 1 saturated heterocycles. The van der Waals surface area contributed by atoms with E-state index >= 15 is 0 Å². The Morgan fingerprint density at radius 2 is 2.33 bits per heavy atom. The number of thiophene rings is 1. The Morgan fingerprint density at radius 1 is 1.61 bits per heavy atom. The molecule has 0 aromatic carbocycles. The van der Waals surface area contributed by atoms with Crippen molar-refractivity contribution in [3.8, 4) is 0 Å². The summed E-state index contributed by atoms with van der Waals surface area (Å²) < 4.78 is 0.744. The summed E-state index contributed by atoms with van der Waals surface area (Å²) in [5.41, 5.74) is 0. The molecular formula is C12H18Cl2N2OS. The van der Waals surface area contributed by atoms with E-state index in [0.29, 0.717) is 0 Å². The highest BCUT2D eigenvalue weighted by atomic mass is 35.5. The predicted molar refractivity (Wildman–Crippen MR) is 79.0 cm³/mol. The second kappa shape index (κ2) is 6.75. The number of carbonyl (C=O) groups is 1. The van der Waals surface area contributed by atoms with Crippen LogP contribution in [0.4, 0.5) is 0 Å². The molecule has 0 aliphatic carbocycles. The van der Waals surface area contributed by atoms with Gasteiger partial charge < -0.3 is 10.2 Å². The van der Waals surface area contributed by atoms with E-state index in [9.17, 15) is 4.79 Å². The maximum absolute atomic E-state index is 12.4. The summed E-state index contributed by atoms with van der Waals surface area (Å²) in [4.78, 5) is 15.4. The summed E-state index contributed by atoms with van der Waals surface area (Å²) in [6.07, 6.45) is 0. The quantitative estimate of drug-likeness (QED) is 0.911. The number of carbonyl (C=O) groups excluding carboxylic acids is 1. The first-order valence-corrected chi connectivity index (χ1v) is 7.05. The molecule has 0 saturated carbocycles. The molecule has 0 spiro atoms. The van der Waals surface area contributed by atoms with Crippen molar-refractivity contribution >= 4 is 41.3 Å². The van der Waals surface area contributed by atoms with Gasteiger partial charge in [-0.25, -0.2) is 0 Å². The second-order valence-corrected chi connectivity index (χ2v) is 6.20. The average Bonchev–Trinajstić information content (AvgIpc) is 2.75. The third-order valence-electron chi connectivity index (χ3n) is 3.18. The summed E-state index contributed by atoms with van der Waals surface area (Å²) in [5, 5.41) is 3.29. The zero-order valence-electron chi connectivity index (χ0n) is 10.5. The molecule has 2 heterocycles. The summed E-state index contributed by atoms with van der Waals surface area (Å²) >= 11 is 7.40. The van der Waals surface area contributed by atoms with Crippen LogP contribution in [-0.2, 0) is 4.79 Å². The van der Waals surface area contributed by atoms with Gasteiger partial charge in [0.15, 0.2) is 0 Å². The van der Waals surface area contributed by atoms with Crippen molar-refractivity contribution in [3.05, 3.63) is 21.3 Å². The molecule has 102 valence electrons. The van der Waals surface area contributed by atoms with E-state index in [-0.39, 0.29) is 30.3 Å². The Labute approximate surface area is 123 Å². The molecule has 2 atom stereocenters. The third-order valence-corrected chi connectivity index (χ3v) is 4.59. The van der Waals surface area contributed by atoms with E-state index in [1.807, 2.05) is 24.0 Å². The molecule has 0 bridgehead atoms. The molecule has 2 rings (SSSR count). The molecule has 1 aromatic heterocycles. The molecular weight excluding hydrogens is 291 g/mol. The summed E-state index contributed by atoms with van der Waals surface area (Å²) in [7, 11) is 0. The number of amides is 1. The minimum atomic E-state index is -0.0898. The fourth-order valence-corrected chi connectivity index (χ4v) is 3.21. The number of nitrogens with one attached hydrogen (secondary N) is 1. The largest absolute Gasteiger partial charge is 0.337 e. The highest BCUT2D eigenvalue weighted by molar-refractivity contribution is 7.16. The summed E-state index contributed by atoms with van der Waals surface area (Å²) in [6.45, 7) is 6.60. The van der Waals surface area contributed by atoms with E-state index in [0.717, 1.165) is 28.8 Å². The van der Waals surface area contributed by atoms with Crippen LogP contribution in [-0.4, -0.2) is 36.5 Å². The predicted octanol–water partition coefficient (Wildman–Crippen LogP) is 2.75. The van der Waals surface area contributed by atoms with Gasteiger partial charge in [-0.3, -0.25) is 4.79 Å². The number of piperazine rings is 1. The monoisotopic (exact) mass is 308 g/mol. The number of rotatable bonds is 2. The van der Waals surface area contributed by atoms with Crippen LogP contribution in [0, 0.1) is 0 Å². The van der Waals surface area contributed by atoms with Crippen LogP contribution >= 0.6 is 35.3 Å². The Morgan fingerprint density at radius 3 is 2.89 bits per heavy atom. The van der Waals surface area contributed by atoms with Crippen LogP contribution in [0.2, 0.25) is 4.34 Å². The number of nitrogens with zero attached hydrogens (tertiary/aromatic N) is 1. The summed E-state index contributed by atoms with van der Waals surface area (Å²) in [6, 6.07) is 4.07.